The zero-order chi connectivity index (χ0) is 19.1. The Hall–Kier alpha value is -2.65. The van der Waals surface area contributed by atoms with Crippen molar-refractivity contribution in [3.8, 4) is 17.5 Å². The van der Waals surface area contributed by atoms with Crippen molar-refractivity contribution in [3.63, 3.8) is 0 Å². The van der Waals surface area contributed by atoms with Crippen molar-refractivity contribution in [3.05, 3.63) is 42.2 Å². The van der Waals surface area contributed by atoms with E-state index < -0.39 is 0 Å². The maximum Gasteiger partial charge on any atom is 0.290 e. The summed E-state index contributed by atoms with van der Waals surface area (Å²) in [6.45, 7) is 3.34. The minimum atomic E-state index is -0.250. The Morgan fingerprint density at radius 1 is 1.26 bits per heavy atom. The van der Waals surface area contributed by atoms with Gasteiger partial charge >= 0.3 is 0 Å². The number of imidazole rings is 1. The van der Waals surface area contributed by atoms with Crippen molar-refractivity contribution in [1.29, 1.82) is 5.26 Å². The van der Waals surface area contributed by atoms with Crippen molar-refractivity contribution in [2.24, 2.45) is 5.92 Å². The molecule has 0 aliphatic carbocycles. The second kappa shape index (κ2) is 9.33. The van der Waals surface area contributed by atoms with Gasteiger partial charge in [-0.05, 0) is 56.8 Å². The molecule has 3 heterocycles. The Labute approximate surface area is 160 Å². The standard InChI is InChI=1S/C20H24N4.CH2O2/c21-14-16-5-3-6-17(13-16)20-22-9-12-24(20)15-18-7-4-11-23-10-2-1-8-19(18)23;2-1-3/h3,5-6,9,12-13,18-19H,1-2,4,7-8,10-11,15H2;1H,(H,2,3)/t18-,19+;/m0./s1. The summed E-state index contributed by atoms with van der Waals surface area (Å²) >= 11 is 0. The van der Waals surface area contributed by atoms with Crippen LogP contribution in [0.2, 0.25) is 0 Å². The number of aromatic nitrogens is 2. The molecule has 6 nitrogen and oxygen atoms in total. The lowest BCUT2D eigenvalue weighted by Crippen LogP contribution is -2.49. The first-order chi connectivity index (χ1) is 13.3. The normalized spacial score (nSPS) is 22.0. The van der Waals surface area contributed by atoms with Gasteiger partial charge in [0.25, 0.3) is 6.47 Å². The van der Waals surface area contributed by atoms with Crippen LogP contribution in [0.25, 0.3) is 11.4 Å². The molecule has 2 aromatic rings. The van der Waals surface area contributed by atoms with Crippen LogP contribution in [0.15, 0.2) is 36.7 Å². The summed E-state index contributed by atoms with van der Waals surface area (Å²) in [4.78, 5) is 15.6. The number of hydrogen-bond acceptors (Lipinski definition) is 4. The number of nitriles is 1. The molecule has 4 rings (SSSR count). The molecule has 142 valence electrons. The number of hydrogen-bond donors (Lipinski definition) is 1. The van der Waals surface area contributed by atoms with Gasteiger partial charge in [0.15, 0.2) is 0 Å². The maximum atomic E-state index is 9.14. The molecule has 1 aromatic carbocycles. The fraction of sp³-hybridized carbons (Fsp3) is 0.476. The molecule has 2 atom stereocenters. The van der Waals surface area contributed by atoms with Gasteiger partial charge in [-0.1, -0.05) is 18.6 Å². The van der Waals surface area contributed by atoms with Crippen LogP contribution in [-0.4, -0.2) is 45.2 Å². The molecule has 27 heavy (non-hydrogen) atoms. The number of carbonyl (C=O) groups is 1. The van der Waals surface area contributed by atoms with Crippen LogP contribution in [0.1, 0.15) is 37.7 Å². The monoisotopic (exact) mass is 366 g/mol. The van der Waals surface area contributed by atoms with Crippen LogP contribution in [0.3, 0.4) is 0 Å². The van der Waals surface area contributed by atoms with E-state index in [1.807, 2.05) is 30.5 Å². The van der Waals surface area contributed by atoms with Gasteiger partial charge in [-0.15, -0.1) is 0 Å². The highest BCUT2D eigenvalue weighted by Gasteiger charge is 2.33. The SMILES string of the molecule is N#Cc1cccc(-c2nccn2C[C@@H]2CCCN3CCCC[C@H]23)c1.O=CO. The van der Waals surface area contributed by atoms with Gasteiger partial charge in [-0.3, -0.25) is 4.79 Å². The van der Waals surface area contributed by atoms with Gasteiger partial charge < -0.3 is 14.6 Å². The van der Waals surface area contributed by atoms with Gasteiger partial charge in [-0.25, -0.2) is 4.98 Å². The molecule has 0 amide bonds. The van der Waals surface area contributed by atoms with Crippen LogP contribution in [0.4, 0.5) is 0 Å². The summed E-state index contributed by atoms with van der Waals surface area (Å²) < 4.78 is 2.29. The molecule has 0 bridgehead atoms. The maximum absolute atomic E-state index is 9.14. The van der Waals surface area contributed by atoms with Crippen molar-refractivity contribution >= 4 is 6.47 Å². The van der Waals surface area contributed by atoms with Gasteiger partial charge in [0.1, 0.15) is 5.82 Å². The molecule has 1 N–H and O–H groups in total. The molecule has 0 saturated carbocycles. The van der Waals surface area contributed by atoms with E-state index in [0.717, 1.165) is 24.0 Å². The smallest absolute Gasteiger partial charge is 0.290 e. The number of carboxylic acid groups (broad SMARTS) is 1. The number of rotatable bonds is 3. The average molecular weight is 366 g/mol. The first-order valence-electron chi connectivity index (χ1n) is 9.60. The lowest BCUT2D eigenvalue weighted by molar-refractivity contribution is -0.122. The molecule has 6 heteroatoms. The van der Waals surface area contributed by atoms with E-state index >= 15 is 0 Å². The van der Waals surface area contributed by atoms with Gasteiger partial charge in [0, 0.05) is 30.5 Å². The number of fused-ring (bicyclic) bond motifs is 1. The number of benzene rings is 1. The number of piperidine rings is 2. The second-order valence-corrected chi connectivity index (χ2v) is 7.20. The minimum absolute atomic E-state index is 0.250. The predicted octanol–water partition coefficient (Wildman–Crippen LogP) is 3.39. The van der Waals surface area contributed by atoms with Crippen molar-refractivity contribution < 1.29 is 9.90 Å². The second-order valence-electron chi connectivity index (χ2n) is 7.20. The van der Waals surface area contributed by atoms with Crippen molar-refractivity contribution in [2.45, 2.75) is 44.7 Å². The summed E-state index contributed by atoms with van der Waals surface area (Å²) in [5.41, 5.74) is 1.73. The molecule has 0 spiro atoms. The molecule has 2 aliphatic heterocycles. The summed E-state index contributed by atoms with van der Waals surface area (Å²) in [6.07, 6.45) is 10.7. The number of nitrogens with zero attached hydrogens (tertiary/aromatic N) is 4. The highest BCUT2D eigenvalue weighted by atomic mass is 16.3. The zero-order valence-corrected chi connectivity index (χ0v) is 15.5. The van der Waals surface area contributed by atoms with Gasteiger partial charge in [-0.2, -0.15) is 5.26 Å². The third-order valence-corrected chi connectivity index (χ3v) is 5.63. The average Bonchev–Trinajstić information content (AvgIpc) is 3.17. The molecule has 2 aliphatic rings. The fourth-order valence-electron chi connectivity index (χ4n) is 4.49. The summed E-state index contributed by atoms with van der Waals surface area (Å²) in [7, 11) is 0. The van der Waals surface area contributed by atoms with E-state index in [4.69, 9.17) is 15.2 Å². The van der Waals surface area contributed by atoms with Gasteiger partial charge in [0.2, 0.25) is 0 Å². The quantitative estimate of drug-likeness (QED) is 0.842. The van der Waals surface area contributed by atoms with Crippen molar-refractivity contribution in [1.82, 2.24) is 14.5 Å². The van der Waals surface area contributed by atoms with Crippen LogP contribution >= 0.6 is 0 Å². The van der Waals surface area contributed by atoms with E-state index in [1.165, 1.54) is 45.2 Å². The van der Waals surface area contributed by atoms with Gasteiger partial charge in [0.05, 0.1) is 11.6 Å². The molecular formula is C21H26N4O2. The zero-order valence-electron chi connectivity index (χ0n) is 15.5. The van der Waals surface area contributed by atoms with E-state index in [9.17, 15) is 0 Å². The molecule has 0 unspecified atom stereocenters. The highest BCUT2D eigenvalue weighted by Crippen LogP contribution is 2.32. The fourth-order valence-corrected chi connectivity index (χ4v) is 4.49. The predicted molar refractivity (Wildman–Crippen MR) is 103 cm³/mol. The summed E-state index contributed by atoms with van der Waals surface area (Å²) in [5, 5.41) is 16.0. The van der Waals surface area contributed by atoms with E-state index in [0.29, 0.717) is 11.5 Å². The van der Waals surface area contributed by atoms with E-state index in [2.05, 4.69) is 26.7 Å². The van der Waals surface area contributed by atoms with E-state index in [1.54, 1.807) is 0 Å². The Balaban J connectivity index is 0.000000659. The lowest BCUT2D eigenvalue weighted by atomic mass is 9.83. The summed E-state index contributed by atoms with van der Waals surface area (Å²) in [5.74, 6) is 1.70. The Bertz CT molecular complexity index is 793. The van der Waals surface area contributed by atoms with Crippen LogP contribution in [0.5, 0.6) is 0 Å². The van der Waals surface area contributed by atoms with E-state index in [-0.39, 0.29) is 6.47 Å². The minimum Gasteiger partial charge on any atom is -0.483 e. The largest absolute Gasteiger partial charge is 0.483 e. The molecule has 1 aromatic heterocycles. The summed E-state index contributed by atoms with van der Waals surface area (Å²) in [6, 6.07) is 10.7. The Kier molecular flexibility index (Phi) is 6.61. The van der Waals surface area contributed by atoms with Crippen LogP contribution < -0.4 is 0 Å². The third kappa shape index (κ3) is 4.55. The lowest BCUT2D eigenvalue weighted by Gasteiger charge is -2.44. The Morgan fingerprint density at radius 2 is 2.07 bits per heavy atom. The Morgan fingerprint density at radius 3 is 2.89 bits per heavy atom. The topological polar surface area (TPSA) is 82.2 Å². The van der Waals surface area contributed by atoms with Crippen molar-refractivity contribution in [2.75, 3.05) is 13.1 Å². The van der Waals surface area contributed by atoms with Crippen LogP contribution in [0, 0.1) is 17.2 Å². The molecule has 0 radical (unpaired) electrons. The molecular weight excluding hydrogens is 340 g/mol. The first-order valence-corrected chi connectivity index (χ1v) is 9.60. The highest BCUT2D eigenvalue weighted by molar-refractivity contribution is 5.58. The molecule has 2 saturated heterocycles. The third-order valence-electron chi connectivity index (χ3n) is 5.63. The first kappa shape index (κ1) is 19.1. The van der Waals surface area contributed by atoms with Crippen LogP contribution in [-0.2, 0) is 11.3 Å². The molecule has 2 fully saturated rings.